The van der Waals surface area contributed by atoms with E-state index >= 15 is 0 Å². The number of hydrogen-bond donors (Lipinski definition) is 1. The molecule has 0 saturated carbocycles. The van der Waals surface area contributed by atoms with Gasteiger partial charge in [0.2, 0.25) is 5.43 Å². The lowest BCUT2D eigenvalue weighted by molar-refractivity contribution is -0.116. The van der Waals surface area contributed by atoms with Gasteiger partial charge in [0, 0.05) is 17.4 Å². The van der Waals surface area contributed by atoms with Crippen LogP contribution in [0.5, 0.6) is 0 Å². The summed E-state index contributed by atoms with van der Waals surface area (Å²) in [5.41, 5.74) is 1.48. The van der Waals surface area contributed by atoms with Crippen LogP contribution in [0.1, 0.15) is 5.56 Å². The van der Waals surface area contributed by atoms with Crippen LogP contribution in [0.4, 0.5) is 0 Å². The van der Waals surface area contributed by atoms with E-state index in [1.54, 1.807) is 42.5 Å². The second kappa shape index (κ2) is 8.55. The molecular weight excluding hydrogens is 479 g/mol. The van der Waals surface area contributed by atoms with Gasteiger partial charge in [-0.15, -0.1) is 11.3 Å². The first-order chi connectivity index (χ1) is 14.7. The number of hydrogen-bond acceptors (Lipinski definition) is 6. The van der Waals surface area contributed by atoms with Crippen LogP contribution in [0.15, 0.2) is 63.6 Å². The summed E-state index contributed by atoms with van der Waals surface area (Å²) in [5, 5.41) is 7.70. The molecule has 2 aromatic carbocycles. The number of rotatable bonds is 6. The molecule has 4 aromatic rings. The Morgan fingerprint density at radius 3 is 2.55 bits per heavy atom. The van der Waals surface area contributed by atoms with E-state index < -0.39 is 21.4 Å². The Labute approximate surface area is 191 Å². The normalized spacial score (nSPS) is 11.7. The van der Waals surface area contributed by atoms with Crippen molar-refractivity contribution in [3.05, 3.63) is 79.7 Å². The van der Waals surface area contributed by atoms with E-state index in [2.05, 4.69) is 10.2 Å². The zero-order valence-electron chi connectivity index (χ0n) is 15.8. The lowest BCUT2D eigenvalue weighted by Crippen LogP contribution is -2.17. The molecule has 31 heavy (non-hydrogen) atoms. The van der Waals surface area contributed by atoms with Crippen LogP contribution >= 0.6 is 34.5 Å². The quantitative estimate of drug-likeness (QED) is 0.425. The van der Waals surface area contributed by atoms with Gasteiger partial charge < -0.3 is 0 Å². The predicted molar refractivity (Wildman–Crippen MR) is 123 cm³/mol. The Balaban J connectivity index is 1.56. The van der Waals surface area contributed by atoms with Gasteiger partial charge in [0.05, 0.1) is 14.9 Å². The fourth-order valence-electron chi connectivity index (χ4n) is 3.14. The monoisotopic (exact) mass is 492 g/mol. The highest BCUT2D eigenvalue weighted by Gasteiger charge is 2.22. The van der Waals surface area contributed by atoms with Gasteiger partial charge in [-0.1, -0.05) is 47.5 Å². The van der Waals surface area contributed by atoms with Crippen LogP contribution in [0.25, 0.3) is 22.2 Å². The molecule has 0 aliphatic carbocycles. The predicted octanol–water partition coefficient (Wildman–Crippen LogP) is 4.54. The Hall–Kier alpha value is -2.52. The van der Waals surface area contributed by atoms with E-state index in [1.165, 1.54) is 12.1 Å². The average molecular weight is 493 g/mol. The summed E-state index contributed by atoms with van der Waals surface area (Å²) < 4.78 is 25.1. The second-order valence-corrected chi connectivity index (χ2v) is 11.1. The van der Waals surface area contributed by atoms with Crippen LogP contribution in [0.2, 0.25) is 9.36 Å². The molecule has 0 bridgehead atoms. The number of nitrogens with zero attached hydrogens (tertiary/aromatic N) is 1. The van der Waals surface area contributed by atoms with Crippen molar-refractivity contribution >= 4 is 61.1 Å². The fraction of sp³-hybridized carbons (Fsp3) is 0.0952. The highest BCUT2D eigenvalue weighted by Crippen LogP contribution is 2.28. The van der Waals surface area contributed by atoms with Crippen LogP contribution in [0.3, 0.4) is 0 Å². The van der Waals surface area contributed by atoms with Crippen LogP contribution in [-0.4, -0.2) is 30.2 Å². The van der Waals surface area contributed by atoms with Gasteiger partial charge in [0.1, 0.15) is 15.7 Å². The molecule has 0 unspecified atom stereocenters. The molecule has 0 radical (unpaired) electrons. The summed E-state index contributed by atoms with van der Waals surface area (Å²) in [5.74, 6) is -1.11. The molecule has 0 aliphatic heterocycles. The Morgan fingerprint density at radius 1 is 1.06 bits per heavy atom. The molecular formula is C21H14Cl2N2O4S2. The maximum Gasteiger partial charge on any atom is 0.215 e. The summed E-state index contributed by atoms with van der Waals surface area (Å²) in [6, 6.07) is 14.6. The minimum Gasteiger partial charge on any atom is -0.298 e. The largest absolute Gasteiger partial charge is 0.298 e. The van der Waals surface area contributed by atoms with Gasteiger partial charge in [-0.3, -0.25) is 14.7 Å². The van der Waals surface area contributed by atoms with Crippen molar-refractivity contribution in [2.45, 2.75) is 10.6 Å². The number of aromatic nitrogens is 2. The molecule has 0 fully saturated rings. The van der Waals surface area contributed by atoms with E-state index in [9.17, 15) is 18.0 Å². The first-order valence-electron chi connectivity index (χ1n) is 9.00. The minimum absolute atomic E-state index is 0.0563. The van der Waals surface area contributed by atoms with Crippen molar-refractivity contribution in [3.63, 3.8) is 0 Å². The molecule has 0 spiro atoms. The lowest BCUT2D eigenvalue weighted by atomic mass is 10.0. The highest BCUT2D eigenvalue weighted by molar-refractivity contribution is 7.94. The zero-order valence-corrected chi connectivity index (χ0v) is 18.9. The number of carbonyl (C=O) groups is 1. The van der Waals surface area contributed by atoms with Gasteiger partial charge in [0.25, 0.3) is 0 Å². The van der Waals surface area contributed by atoms with Crippen molar-refractivity contribution in [1.29, 1.82) is 0 Å². The molecule has 4 rings (SSSR count). The molecule has 10 heteroatoms. The number of benzene rings is 2. The number of thiophene rings is 1. The molecule has 1 N–H and O–H groups in total. The summed E-state index contributed by atoms with van der Waals surface area (Å²) >= 11 is 13.1. The Bertz CT molecular complexity index is 1480. The zero-order chi connectivity index (χ0) is 22.2. The number of sulfone groups is 1. The minimum atomic E-state index is -3.75. The van der Waals surface area contributed by atoms with Crippen molar-refractivity contribution in [1.82, 2.24) is 10.2 Å². The molecule has 158 valence electrons. The molecule has 0 atom stereocenters. The summed E-state index contributed by atoms with van der Waals surface area (Å²) in [6.45, 7) is 0. The van der Waals surface area contributed by atoms with Gasteiger partial charge in [0.15, 0.2) is 15.6 Å². The molecule has 6 nitrogen and oxygen atoms in total. The number of nitrogens with one attached hydrogen (secondary N) is 1. The summed E-state index contributed by atoms with van der Waals surface area (Å²) in [4.78, 5) is 25.1. The van der Waals surface area contributed by atoms with Crippen LogP contribution < -0.4 is 5.43 Å². The van der Waals surface area contributed by atoms with E-state index in [0.717, 1.165) is 11.3 Å². The SMILES string of the molecule is O=C(Cc1ccc(-c2n[nH]c3ccccc3c2=O)c(Cl)c1)CS(=O)(=O)c1ccc(Cl)s1. The second-order valence-electron chi connectivity index (χ2n) is 6.79. The number of aromatic amines is 1. The van der Waals surface area contributed by atoms with Crippen LogP contribution in [0, 0.1) is 0 Å². The maximum atomic E-state index is 12.8. The number of carbonyl (C=O) groups excluding carboxylic acids is 1. The molecule has 0 amide bonds. The van der Waals surface area contributed by atoms with Crippen molar-refractivity contribution in [3.8, 4) is 11.3 Å². The first kappa shape index (κ1) is 21.7. The summed E-state index contributed by atoms with van der Waals surface area (Å²) in [7, 11) is -3.75. The van der Waals surface area contributed by atoms with Gasteiger partial charge in [-0.2, -0.15) is 5.10 Å². The lowest BCUT2D eigenvalue weighted by Gasteiger charge is -2.07. The summed E-state index contributed by atoms with van der Waals surface area (Å²) in [6.07, 6.45) is -0.111. The smallest absolute Gasteiger partial charge is 0.215 e. The Kier molecular flexibility index (Phi) is 5.98. The van der Waals surface area contributed by atoms with Gasteiger partial charge in [-0.05, 0) is 35.9 Å². The standard InChI is InChI=1S/C21H14Cl2N2O4S2/c22-16-10-12(9-13(26)11-31(28,29)19-8-7-18(23)30-19)5-6-14(16)20-21(27)15-3-1-2-4-17(15)24-25-20/h1-8,10H,9,11H2,(H,24,27). The maximum absolute atomic E-state index is 12.8. The fourth-order valence-corrected chi connectivity index (χ4v) is 6.25. The number of fused-ring (bicyclic) bond motifs is 1. The van der Waals surface area contributed by atoms with Gasteiger partial charge in [-0.25, -0.2) is 8.42 Å². The van der Waals surface area contributed by atoms with E-state index in [0.29, 0.717) is 26.4 Å². The molecule has 0 saturated heterocycles. The van der Waals surface area contributed by atoms with E-state index in [4.69, 9.17) is 23.2 Å². The number of ketones is 1. The molecule has 0 aliphatic rings. The molecule has 2 heterocycles. The van der Waals surface area contributed by atoms with Crippen LogP contribution in [-0.2, 0) is 21.1 Å². The topological polar surface area (TPSA) is 97.0 Å². The number of Topliss-reactive ketones (excluding diaryl/α,β-unsaturated/α-hetero) is 1. The third-order valence-electron chi connectivity index (χ3n) is 4.57. The van der Waals surface area contributed by atoms with E-state index in [1.807, 2.05) is 0 Å². The number of halogens is 2. The molecule has 2 aromatic heterocycles. The van der Waals surface area contributed by atoms with Crippen molar-refractivity contribution in [2.75, 3.05) is 5.75 Å². The average Bonchev–Trinajstić information content (AvgIpc) is 3.16. The third kappa shape index (κ3) is 4.57. The van der Waals surface area contributed by atoms with Crippen molar-refractivity contribution in [2.24, 2.45) is 0 Å². The number of H-pyrrole nitrogens is 1. The Morgan fingerprint density at radius 2 is 1.84 bits per heavy atom. The third-order valence-corrected chi connectivity index (χ3v) is 8.37. The van der Waals surface area contributed by atoms with Crippen molar-refractivity contribution < 1.29 is 13.2 Å². The van der Waals surface area contributed by atoms with Gasteiger partial charge >= 0.3 is 0 Å². The number of para-hydroxylation sites is 1. The first-order valence-corrected chi connectivity index (χ1v) is 12.2. The highest BCUT2D eigenvalue weighted by atomic mass is 35.5. The van der Waals surface area contributed by atoms with E-state index in [-0.39, 0.29) is 26.8 Å².